The number of carbonyl (C=O) groups excluding carboxylic acids is 6. The fraction of sp³-hybridized carbons (Fsp3) is 0.676. The maximum Gasteiger partial charge on any atom is 0.316 e. The zero-order chi connectivity index (χ0) is 37.6. The molecule has 4 fully saturated rings. The highest BCUT2D eigenvalue weighted by molar-refractivity contribution is 6.37. The Kier molecular flexibility index (Phi) is 10.7. The van der Waals surface area contributed by atoms with Crippen LogP contribution in [-0.2, 0) is 24.0 Å². The first-order valence-corrected chi connectivity index (χ1v) is 18.1. The number of anilines is 1. The normalized spacial score (nSPS) is 24.3. The van der Waals surface area contributed by atoms with E-state index in [0.29, 0.717) is 39.1 Å². The van der Waals surface area contributed by atoms with E-state index in [1.807, 2.05) is 48.5 Å². The number of amides is 6. The van der Waals surface area contributed by atoms with Crippen molar-refractivity contribution in [1.29, 1.82) is 0 Å². The van der Waals surface area contributed by atoms with Gasteiger partial charge in [0, 0.05) is 38.4 Å². The smallest absolute Gasteiger partial charge is 0.316 e. The third-order valence-electron chi connectivity index (χ3n) is 11.3. The van der Waals surface area contributed by atoms with E-state index < -0.39 is 59.1 Å². The standard InChI is InChI=1S/C37H54FN7O6/c1-20(2)27(33(49)44-16-14-43(15-17-44)23-12-10-22(38)11-13-23)41-35(51)42-30(36(3,4)5)34(50)45-19-24-26(37(24,6)7)28(45)32(48)40-25(18-21-8-9-21)29(46)31(39)47/h10-13,20-21,24-28,30H,8-9,14-19H2,1-7H3,(H2,39,47)(H,40,48)(H2,41,42,51)/t24-,25?,26-,27-,28-,30+/m0/s1. The van der Waals surface area contributed by atoms with E-state index in [4.69, 9.17) is 5.73 Å². The van der Waals surface area contributed by atoms with Gasteiger partial charge in [-0.3, -0.25) is 24.0 Å². The van der Waals surface area contributed by atoms with Crippen molar-refractivity contribution in [2.75, 3.05) is 37.6 Å². The van der Waals surface area contributed by atoms with Crippen LogP contribution in [0, 0.1) is 40.3 Å². The zero-order valence-electron chi connectivity index (χ0n) is 30.8. The van der Waals surface area contributed by atoms with E-state index >= 15 is 0 Å². The Morgan fingerprint density at radius 1 is 0.922 bits per heavy atom. The van der Waals surface area contributed by atoms with E-state index in [2.05, 4.69) is 20.9 Å². The lowest BCUT2D eigenvalue weighted by Crippen LogP contribution is -2.63. The minimum Gasteiger partial charge on any atom is -0.368 e. The summed E-state index contributed by atoms with van der Waals surface area (Å²) in [6.45, 7) is 15.5. The number of fused-ring (bicyclic) bond motifs is 1. The lowest BCUT2D eigenvalue weighted by Gasteiger charge is -2.39. The number of urea groups is 1. The van der Waals surface area contributed by atoms with E-state index in [1.165, 1.54) is 17.0 Å². The number of primary amides is 1. The van der Waals surface area contributed by atoms with Crippen LogP contribution in [0.2, 0.25) is 0 Å². The molecular weight excluding hydrogens is 657 g/mol. The molecule has 2 saturated carbocycles. The number of carbonyl (C=O) groups is 6. The summed E-state index contributed by atoms with van der Waals surface area (Å²) in [6, 6.07) is 1.69. The van der Waals surface area contributed by atoms with Gasteiger partial charge in [0.15, 0.2) is 0 Å². The van der Waals surface area contributed by atoms with Crippen molar-refractivity contribution < 1.29 is 33.2 Å². The highest BCUT2D eigenvalue weighted by Crippen LogP contribution is 2.65. The predicted molar refractivity (Wildman–Crippen MR) is 188 cm³/mol. The van der Waals surface area contributed by atoms with Gasteiger partial charge in [-0.2, -0.15) is 0 Å². The molecule has 5 N–H and O–H groups in total. The average molecular weight is 712 g/mol. The summed E-state index contributed by atoms with van der Waals surface area (Å²) in [7, 11) is 0. The van der Waals surface area contributed by atoms with E-state index in [1.54, 1.807) is 17.0 Å². The van der Waals surface area contributed by atoms with Crippen LogP contribution in [0.5, 0.6) is 0 Å². The van der Waals surface area contributed by atoms with Gasteiger partial charge in [0.2, 0.25) is 23.5 Å². The molecular formula is C37H54FN7O6. The number of nitrogens with one attached hydrogen (secondary N) is 3. The number of benzene rings is 1. The van der Waals surface area contributed by atoms with Gasteiger partial charge in [-0.1, -0.05) is 61.3 Å². The fourth-order valence-electron chi connectivity index (χ4n) is 7.84. The number of halogens is 1. The molecule has 280 valence electrons. The van der Waals surface area contributed by atoms with Gasteiger partial charge in [-0.05, 0) is 65.2 Å². The minimum atomic E-state index is -1.11. The van der Waals surface area contributed by atoms with Crippen LogP contribution in [-0.4, -0.2) is 102 Å². The second-order valence-corrected chi connectivity index (χ2v) is 16.8. The second kappa shape index (κ2) is 14.4. The van der Waals surface area contributed by atoms with Crippen LogP contribution in [0.4, 0.5) is 14.9 Å². The van der Waals surface area contributed by atoms with Crippen molar-refractivity contribution in [1.82, 2.24) is 25.8 Å². The number of hydrogen-bond donors (Lipinski definition) is 4. The molecule has 0 spiro atoms. The number of nitrogens with two attached hydrogens (primary N) is 1. The summed E-state index contributed by atoms with van der Waals surface area (Å²) in [4.78, 5) is 85.3. The molecule has 1 unspecified atom stereocenters. The fourth-order valence-corrected chi connectivity index (χ4v) is 7.84. The predicted octanol–water partition coefficient (Wildman–Crippen LogP) is 2.04. The molecule has 0 bridgehead atoms. The summed E-state index contributed by atoms with van der Waals surface area (Å²) >= 11 is 0. The third-order valence-corrected chi connectivity index (χ3v) is 11.3. The highest BCUT2D eigenvalue weighted by Gasteiger charge is 2.70. The van der Waals surface area contributed by atoms with Crippen LogP contribution in [0.15, 0.2) is 24.3 Å². The summed E-state index contributed by atoms with van der Waals surface area (Å²) in [6.07, 6.45) is 2.13. The van der Waals surface area contributed by atoms with Gasteiger partial charge in [0.25, 0.3) is 5.91 Å². The summed E-state index contributed by atoms with van der Waals surface area (Å²) in [5.74, 6) is -3.60. The number of Topliss-reactive ketones (excluding diaryl/α,β-unsaturated/α-hetero) is 1. The Bertz CT molecular complexity index is 1530. The molecule has 6 amide bonds. The van der Waals surface area contributed by atoms with E-state index in [0.717, 1.165) is 18.5 Å². The van der Waals surface area contributed by atoms with Gasteiger partial charge in [0.05, 0.1) is 6.04 Å². The van der Waals surface area contributed by atoms with Crippen molar-refractivity contribution in [3.05, 3.63) is 30.1 Å². The SMILES string of the molecule is CC(C)[C@H](NC(=O)N[C@H](C(=O)N1C[C@H]2[C@@H]([C@H]1C(=O)NC(CC1CC1)C(=O)C(N)=O)C2(C)C)C(C)(C)C)C(=O)N1CCN(c2ccc(F)cc2)CC1. The minimum absolute atomic E-state index is 0.0480. The van der Waals surface area contributed by atoms with Crippen LogP contribution < -0.4 is 26.6 Å². The number of nitrogens with zero attached hydrogens (tertiary/aromatic N) is 3. The molecule has 2 heterocycles. The third kappa shape index (κ3) is 8.30. The van der Waals surface area contributed by atoms with E-state index in [-0.39, 0.29) is 40.8 Å². The molecule has 0 aromatic heterocycles. The largest absolute Gasteiger partial charge is 0.368 e. The van der Waals surface area contributed by atoms with E-state index in [9.17, 15) is 33.2 Å². The van der Waals surface area contributed by atoms with Gasteiger partial charge in [-0.25, -0.2) is 9.18 Å². The molecule has 4 aliphatic rings. The first-order valence-electron chi connectivity index (χ1n) is 18.1. The maximum atomic E-state index is 14.4. The molecule has 5 rings (SSSR count). The monoisotopic (exact) mass is 711 g/mol. The molecule has 2 saturated heterocycles. The quantitative estimate of drug-likeness (QED) is 0.240. The Morgan fingerprint density at radius 3 is 2.06 bits per heavy atom. The lowest BCUT2D eigenvalue weighted by molar-refractivity contribution is -0.145. The number of piperidine rings is 1. The topological polar surface area (TPSA) is 174 Å². The number of piperazine rings is 1. The summed E-state index contributed by atoms with van der Waals surface area (Å²) in [5.41, 5.74) is 5.19. The lowest BCUT2D eigenvalue weighted by atomic mass is 9.85. The molecule has 1 aromatic rings. The molecule has 0 radical (unpaired) electrons. The molecule has 13 nitrogen and oxygen atoms in total. The highest BCUT2D eigenvalue weighted by atomic mass is 19.1. The van der Waals surface area contributed by atoms with Gasteiger partial charge in [0.1, 0.15) is 23.9 Å². The number of likely N-dealkylation sites (tertiary alicyclic amines) is 1. The molecule has 6 atom stereocenters. The van der Waals surface area contributed by atoms with Crippen LogP contribution in [0.3, 0.4) is 0 Å². The van der Waals surface area contributed by atoms with Crippen LogP contribution >= 0.6 is 0 Å². The van der Waals surface area contributed by atoms with Crippen molar-refractivity contribution in [3.8, 4) is 0 Å². The van der Waals surface area contributed by atoms with Crippen molar-refractivity contribution in [2.45, 2.75) is 91.9 Å². The zero-order valence-corrected chi connectivity index (χ0v) is 30.8. The van der Waals surface area contributed by atoms with Crippen molar-refractivity contribution in [2.24, 2.45) is 40.2 Å². The number of rotatable bonds is 12. The van der Waals surface area contributed by atoms with Crippen LogP contribution in [0.25, 0.3) is 0 Å². The van der Waals surface area contributed by atoms with Gasteiger partial charge in [-0.15, -0.1) is 0 Å². The summed E-state index contributed by atoms with van der Waals surface area (Å²) < 4.78 is 13.4. The van der Waals surface area contributed by atoms with Gasteiger partial charge >= 0.3 is 6.03 Å². The first kappa shape index (κ1) is 38.0. The molecule has 51 heavy (non-hydrogen) atoms. The Labute approximate surface area is 299 Å². The van der Waals surface area contributed by atoms with Crippen LogP contribution in [0.1, 0.15) is 67.7 Å². The number of ketones is 1. The molecule has 2 aliphatic heterocycles. The number of hydrogen-bond acceptors (Lipinski definition) is 7. The Morgan fingerprint density at radius 2 is 1.53 bits per heavy atom. The molecule has 1 aromatic carbocycles. The summed E-state index contributed by atoms with van der Waals surface area (Å²) in [5, 5.41) is 8.41. The van der Waals surface area contributed by atoms with Gasteiger partial charge < -0.3 is 36.4 Å². The first-order chi connectivity index (χ1) is 23.8. The van der Waals surface area contributed by atoms with Crippen molar-refractivity contribution in [3.63, 3.8) is 0 Å². The Balaban J connectivity index is 1.26. The average Bonchev–Trinajstić information content (AvgIpc) is 3.92. The molecule has 2 aliphatic carbocycles. The molecule has 14 heteroatoms. The van der Waals surface area contributed by atoms with Crippen molar-refractivity contribution >= 4 is 41.1 Å². The second-order valence-electron chi connectivity index (χ2n) is 16.8. The maximum absolute atomic E-state index is 14.4. The Hall–Kier alpha value is -4.23.